The van der Waals surface area contributed by atoms with Crippen LogP contribution in [0.4, 0.5) is 5.69 Å². The minimum atomic E-state index is -3.81. The van der Waals surface area contributed by atoms with Crippen LogP contribution in [0.1, 0.15) is 30.0 Å². The first-order valence-corrected chi connectivity index (χ1v) is 11.1. The lowest BCUT2D eigenvalue weighted by molar-refractivity contribution is 0.507. The van der Waals surface area contributed by atoms with Gasteiger partial charge in [0, 0.05) is 24.2 Å². The number of aryl methyl sites for hydroxylation is 1. The zero-order valence-corrected chi connectivity index (χ0v) is 16.5. The Bertz CT molecular complexity index is 1010. The number of hydrogen-bond acceptors (Lipinski definition) is 6. The second-order valence-electron chi connectivity index (χ2n) is 6.13. The molecular formula is C16H20ClN3O4S2. The van der Waals surface area contributed by atoms with E-state index in [0.717, 1.165) is 36.4 Å². The zero-order chi connectivity index (χ0) is 18.2. The third kappa shape index (κ3) is 4.35. The van der Waals surface area contributed by atoms with Crippen LogP contribution in [-0.2, 0) is 26.3 Å². The summed E-state index contributed by atoms with van der Waals surface area (Å²) in [6, 6.07) is 7.58. The van der Waals surface area contributed by atoms with Gasteiger partial charge in [0.2, 0.25) is 10.0 Å². The Balaban J connectivity index is 0.00000243. The van der Waals surface area contributed by atoms with E-state index in [9.17, 15) is 16.8 Å². The maximum absolute atomic E-state index is 12.6. The smallest absolute Gasteiger partial charge is 0.242 e. The SMILES string of the molecule is CS(=O)(=O)c1ccc(S(=O)(=O)NC2CCCc3cc(N)ccc32)cn1.Cl. The fourth-order valence-corrected chi connectivity index (χ4v) is 4.71. The number of benzene rings is 1. The first-order chi connectivity index (χ1) is 11.7. The number of fused-ring (bicyclic) bond motifs is 1. The lowest BCUT2D eigenvalue weighted by atomic mass is 9.88. The summed E-state index contributed by atoms with van der Waals surface area (Å²) >= 11 is 0. The summed E-state index contributed by atoms with van der Waals surface area (Å²) in [4.78, 5) is 3.67. The highest BCUT2D eigenvalue weighted by Gasteiger charge is 2.26. The monoisotopic (exact) mass is 417 g/mol. The van der Waals surface area contributed by atoms with Crippen molar-refractivity contribution in [3.63, 3.8) is 0 Å². The minimum absolute atomic E-state index is 0. The van der Waals surface area contributed by atoms with Gasteiger partial charge in [-0.05, 0) is 54.7 Å². The third-order valence-electron chi connectivity index (χ3n) is 4.18. The van der Waals surface area contributed by atoms with Crippen LogP contribution in [0.5, 0.6) is 0 Å². The quantitative estimate of drug-likeness (QED) is 0.732. The molecule has 1 heterocycles. The van der Waals surface area contributed by atoms with Crippen LogP contribution in [0.25, 0.3) is 0 Å². The molecular weight excluding hydrogens is 398 g/mol. The van der Waals surface area contributed by atoms with E-state index in [1.165, 1.54) is 12.1 Å². The molecule has 10 heteroatoms. The van der Waals surface area contributed by atoms with Crippen LogP contribution in [0.3, 0.4) is 0 Å². The van der Waals surface area contributed by atoms with Crippen LogP contribution in [0.2, 0.25) is 0 Å². The number of sulfone groups is 1. The number of nitrogens with two attached hydrogens (primary N) is 1. The third-order valence-corrected chi connectivity index (χ3v) is 6.64. The van der Waals surface area contributed by atoms with Crippen molar-refractivity contribution in [2.75, 3.05) is 12.0 Å². The first-order valence-electron chi connectivity index (χ1n) is 7.73. The van der Waals surface area contributed by atoms with E-state index in [1.54, 1.807) is 6.07 Å². The van der Waals surface area contributed by atoms with E-state index < -0.39 is 19.9 Å². The van der Waals surface area contributed by atoms with Gasteiger partial charge < -0.3 is 5.73 Å². The van der Waals surface area contributed by atoms with Gasteiger partial charge in [0.25, 0.3) is 0 Å². The van der Waals surface area contributed by atoms with Gasteiger partial charge in [-0.1, -0.05) is 6.07 Å². The number of pyridine rings is 1. The van der Waals surface area contributed by atoms with Gasteiger partial charge >= 0.3 is 0 Å². The molecule has 1 unspecified atom stereocenters. The van der Waals surface area contributed by atoms with E-state index >= 15 is 0 Å². The van der Waals surface area contributed by atoms with Crippen LogP contribution < -0.4 is 10.5 Å². The lowest BCUT2D eigenvalue weighted by Gasteiger charge is -2.26. The van der Waals surface area contributed by atoms with Crippen molar-refractivity contribution in [3.8, 4) is 0 Å². The van der Waals surface area contributed by atoms with Crippen molar-refractivity contribution in [3.05, 3.63) is 47.7 Å². The Labute approximate surface area is 159 Å². The van der Waals surface area contributed by atoms with Gasteiger partial charge in [0.15, 0.2) is 14.9 Å². The van der Waals surface area contributed by atoms with E-state index in [0.29, 0.717) is 12.1 Å². The Hall–Kier alpha value is -1.68. The second kappa shape index (κ2) is 7.51. The summed E-state index contributed by atoms with van der Waals surface area (Å²) in [6.45, 7) is 0. The summed E-state index contributed by atoms with van der Waals surface area (Å²) in [5, 5.41) is -0.162. The highest BCUT2D eigenvalue weighted by Crippen LogP contribution is 2.32. The van der Waals surface area contributed by atoms with Crippen molar-refractivity contribution in [1.29, 1.82) is 0 Å². The molecule has 1 aromatic heterocycles. The van der Waals surface area contributed by atoms with Gasteiger partial charge in [-0.3, -0.25) is 0 Å². The molecule has 2 aromatic rings. The molecule has 142 valence electrons. The molecule has 1 aromatic carbocycles. The average molecular weight is 418 g/mol. The van der Waals surface area contributed by atoms with E-state index in [1.807, 2.05) is 12.1 Å². The molecule has 1 aliphatic carbocycles. The molecule has 1 atom stereocenters. The number of hydrogen-bond donors (Lipinski definition) is 2. The van der Waals surface area contributed by atoms with Crippen LogP contribution in [0, 0.1) is 0 Å². The molecule has 26 heavy (non-hydrogen) atoms. The molecule has 7 nitrogen and oxygen atoms in total. The number of nitrogen functional groups attached to an aromatic ring is 1. The van der Waals surface area contributed by atoms with Crippen LogP contribution in [-0.4, -0.2) is 28.1 Å². The van der Waals surface area contributed by atoms with Crippen molar-refractivity contribution < 1.29 is 16.8 Å². The Morgan fingerprint density at radius 3 is 2.50 bits per heavy atom. The fraction of sp³-hybridized carbons (Fsp3) is 0.312. The van der Waals surface area contributed by atoms with Gasteiger partial charge in [0.1, 0.15) is 4.90 Å². The molecule has 0 spiro atoms. The maximum Gasteiger partial charge on any atom is 0.242 e. The molecule has 0 bridgehead atoms. The number of nitrogens with one attached hydrogen (secondary N) is 1. The highest BCUT2D eigenvalue weighted by atomic mass is 35.5. The second-order valence-corrected chi connectivity index (χ2v) is 9.81. The van der Waals surface area contributed by atoms with Crippen molar-refractivity contribution in [2.45, 2.75) is 35.2 Å². The number of sulfonamides is 1. The molecule has 0 saturated carbocycles. The van der Waals surface area contributed by atoms with Gasteiger partial charge in [-0.2, -0.15) is 0 Å². The van der Waals surface area contributed by atoms with Crippen molar-refractivity contribution >= 4 is 38.0 Å². The van der Waals surface area contributed by atoms with E-state index in [-0.39, 0.29) is 28.4 Å². The predicted molar refractivity (Wildman–Crippen MR) is 101 cm³/mol. The zero-order valence-electron chi connectivity index (χ0n) is 14.0. The summed E-state index contributed by atoms with van der Waals surface area (Å²) in [5.41, 5.74) is 8.42. The number of nitrogens with zero attached hydrogens (tertiary/aromatic N) is 1. The van der Waals surface area contributed by atoms with Gasteiger partial charge in [-0.15, -0.1) is 12.4 Å². The number of aromatic nitrogens is 1. The summed E-state index contributed by atoms with van der Waals surface area (Å²) in [6.07, 6.45) is 4.49. The normalized spacial score (nSPS) is 17.2. The Morgan fingerprint density at radius 2 is 1.88 bits per heavy atom. The van der Waals surface area contributed by atoms with Gasteiger partial charge in [0.05, 0.1) is 0 Å². The Morgan fingerprint density at radius 1 is 1.15 bits per heavy atom. The predicted octanol–water partition coefficient (Wildman–Crippen LogP) is 1.84. The average Bonchev–Trinajstić information content (AvgIpc) is 2.54. The highest BCUT2D eigenvalue weighted by molar-refractivity contribution is 7.90. The van der Waals surface area contributed by atoms with Gasteiger partial charge in [-0.25, -0.2) is 26.5 Å². The topological polar surface area (TPSA) is 119 Å². The number of rotatable bonds is 4. The van der Waals surface area contributed by atoms with Crippen molar-refractivity contribution in [2.24, 2.45) is 0 Å². The molecule has 3 rings (SSSR count). The minimum Gasteiger partial charge on any atom is -0.399 e. The molecule has 0 fully saturated rings. The summed E-state index contributed by atoms with van der Waals surface area (Å²) in [5.74, 6) is 0. The molecule has 0 radical (unpaired) electrons. The molecule has 0 amide bonds. The number of anilines is 1. The first kappa shape index (κ1) is 20.6. The standard InChI is InChI=1S/C16H19N3O4S2.ClH/c1-24(20,21)16-8-6-13(10-18-16)25(22,23)19-15-4-2-3-11-9-12(17)5-7-14(11)15;/h5-10,15,19H,2-4,17H2,1H3;1H. The van der Waals surface area contributed by atoms with Crippen LogP contribution in [0.15, 0.2) is 46.5 Å². The van der Waals surface area contributed by atoms with E-state index in [2.05, 4.69) is 9.71 Å². The maximum atomic E-state index is 12.6. The number of halogens is 1. The molecule has 0 aliphatic heterocycles. The summed E-state index contributed by atoms with van der Waals surface area (Å²) < 4.78 is 50.8. The van der Waals surface area contributed by atoms with E-state index in [4.69, 9.17) is 5.73 Å². The van der Waals surface area contributed by atoms with Crippen LogP contribution >= 0.6 is 12.4 Å². The Kier molecular flexibility index (Phi) is 5.96. The molecule has 0 saturated heterocycles. The van der Waals surface area contributed by atoms with Crippen molar-refractivity contribution in [1.82, 2.24) is 9.71 Å². The molecule has 1 aliphatic rings. The molecule has 3 N–H and O–H groups in total. The lowest BCUT2D eigenvalue weighted by Crippen LogP contribution is -2.31. The largest absolute Gasteiger partial charge is 0.399 e. The summed E-state index contributed by atoms with van der Waals surface area (Å²) in [7, 11) is -7.29. The fourth-order valence-electron chi connectivity index (χ4n) is 2.96.